The molecule has 24 heavy (non-hydrogen) atoms. The summed E-state index contributed by atoms with van der Waals surface area (Å²) in [6.07, 6.45) is 3.86. The number of anilines is 1. The highest BCUT2D eigenvalue weighted by atomic mass is 16.5. The average Bonchev–Trinajstić information content (AvgIpc) is 3.33. The third-order valence-corrected chi connectivity index (χ3v) is 5.52. The van der Waals surface area contributed by atoms with Crippen LogP contribution in [0.2, 0.25) is 0 Å². The Labute approximate surface area is 143 Å². The van der Waals surface area contributed by atoms with Gasteiger partial charge in [0.2, 0.25) is 5.95 Å². The summed E-state index contributed by atoms with van der Waals surface area (Å²) in [4.78, 5) is 4.96. The molecule has 3 aliphatic rings. The number of hydrogen-bond donors (Lipinski definition) is 0. The lowest BCUT2D eigenvalue weighted by Crippen LogP contribution is -2.48. The lowest BCUT2D eigenvalue weighted by Gasteiger charge is -2.36. The molecule has 0 aliphatic carbocycles. The van der Waals surface area contributed by atoms with E-state index in [4.69, 9.17) is 9.47 Å². The minimum Gasteiger partial charge on any atom is -0.381 e. The molecule has 1 aromatic heterocycles. The first-order chi connectivity index (χ1) is 11.8. The van der Waals surface area contributed by atoms with E-state index < -0.39 is 0 Å². The van der Waals surface area contributed by atoms with Gasteiger partial charge < -0.3 is 14.4 Å². The highest BCUT2D eigenvalue weighted by molar-refractivity contribution is 5.32. The van der Waals surface area contributed by atoms with Gasteiger partial charge in [-0.3, -0.25) is 9.47 Å². The van der Waals surface area contributed by atoms with Gasteiger partial charge >= 0.3 is 0 Å². The van der Waals surface area contributed by atoms with Gasteiger partial charge in [-0.15, -0.1) is 10.2 Å². The summed E-state index contributed by atoms with van der Waals surface area (Å²) >= 11 is 0. The van der Waals surface area contributed by atoms with Gasteiger partial charge in [0.15, 0.2) is 0 Å². The molecule has 0 bridgehead atoms. The van der Waals surface area contributed by atoms with Crippen LogP contribution in [0.4, 0.5) is 5.95 Å². The highest BCUT2D eigenvalue weighted by Gasteiger charge is 2.26. The van der Waals surface area contributed by atoms with E-state index in [1.54, 1.807) is 0 Å². The first-order valence-corrected chi connectivity index (χ1v) is 9.36. The topological polar surface area (TPSA) is 55.7 Å². The van der Waals surface area contributed by atoms with Crippen molar-refractivity contribution in [2.75, 3.05) is 57.4 Å². The minimum absolute atomic E-state index is 0.321. The number of hydrogen-bond acceptors (Lipinski definition) is 6. The van der Waals surface area contributed by atoms with Crippen molar-refractivity contribution >= 4 is 5.95 Å². The molecule has 3 fully saturated rings. The molecule has 4 heterocycles. The average molecular weight is 335 g/mol. The number of aryl methyl sites for hydroxylation is 1. The van der Waals surface area contributed by atoms with Gasteiger partial charge in [0.1, 0.15) is 5.82 Å². The Morgan fingerprint density at radius 2 is 1.92 bits per heavy atom. The maximum absolute atomic E-state index is 5.80. The third-order valence-electron chi connectivity index (χ3n) is 5.52. The number of piperazine rings is 1. The van der Waals surface area contributed by atoms with Gasteiger partial charge in [-0.1, -0.05) is 0 Å². The summed E-state index contributed by atoms with van der Waals surface area (Å²) in [6, 6.07) is 0. The summed E-state index contributed by atoms with van der Waals surface area (Å²) in [5.74, 6) is 2.74. The second kappa shape index (κ2) is 7.37. The molecule has 3 saturated heterocycles. The lowest BCUT2D eigenvalue weighted by molar-refractivity contribution is 0.0965. The van der Waals surface area contributed by atoms with Crippen LogP contribution < -0.4 is 4.90 Å². The maximum Gasteiger partial charge on any atom is 0.227 e. The van der Waals surface area contributed by atoms with Crippen molar-refractivity contribution in [3.8, 4) is 0 Å². The number of nitrogens with zero attached hydrogens (tertiary/aromatic N) is 5. The molecule has 4 rings (SSSR count). The van der Waals surface area contributed by atoms with Crippen LogP contribution >= 0.6 is 0 Å². The normalized spacial score (nSPS) is 28.8. The second-order valence-corrected chi connectivity index (χ2v) is 7.31. The molecule has 7 nitrogen and oxygen atoms in total. The third kappa shape index (κ3) is 3.58. The van der Waals surface area contributed by atoms with Crippen LogP contribution in [0, 0.1) is 12.8 Å². The second-order valence-electron chi connectivity index (χ2n) is 7.31. The monoisotopic (exact) mass is 335 g/mol. The Morgan fingerprint density at radius 3 is 2.62 bits per heavy atom. The standard InChI is InChI=1S/C17H29N5O2/c1-14-18-19-17(22(14)12-16-3-2-9-24-16)21-7-5-20(6-8-21)11-15-4-10-23-13-15/h15-16H,2-13H2,1H3. The van der Waals surface area contributed by atoms with Crippen molar-refractivity contribution in [3.63, 3.8) is 0 Å². The minimum atomic E-state index is 0.321. The van der Waals surface area contributed by atoms with Crippen molar-refractivity contribution in [1.29, 1.82) is 0 Å². The molecule has 0 radical (unpaired) electrons. The van der Waals surface area contributed by atoms with Crippen molar-refractivity contribution in [2.24, 2.45) is 5.92 Å². The fourth-order valence-corrected chi connectivity index (χ4v) is 4.03. The molecule has 0 spiro atoms. The molecular weight excluding hydrogens is 306 g/mol. The predicted octanol–water partition coefficient (Wildman–Crippen LogP) is 0.924. The number of ether oxygens (including phenoxy) is 2. The largest absolute Gasteiger partial charge is 0.381 e. The fourth-order valence-electron chi connectivity index (χ4n) is 4.03. The van der Waals surface area contributed by atoms with Crippen LogP contribution in [0.15, 0.2) is 0 Å². The molecule has 0 amide bonds. The van der Waals surface area contributed by atoms with E-state index in [2.05, 4.69) is 24.6 Å². The molecule has 0 aromatic carbocycles. The summed E-state index contributed by atoms with van der Waals surface area (Å²) in [6.45, 7) is 11.1. The Hall–Kier alpha value is -1.18. The van der Waals surface area contributed by atoms with E-state index in [1.165, 1.54) is 19.4 Å². The van der Waals surface area contributed by atoms with Gasteiger partial charge in [-0.2, -0.15) is 0 Å². The molecule has 1 aromatic rings. The molecular formula is C17H29N5O2. The maximum atomic E-state index is 5.80. The van der Waals surface area contributed by atoms with Crippen LogP contribution in [0.1, 0.15) is 25.1 Å². The summed E-state index contributed by atoms with van der Waals surface area (Å²) in [5.41, 5.74) is 0. The molecule has 134 valence electrons. The molecule has 2 unspecified atom stereocenters. The van der Waals surface area contributed by atoms with E-state index in [9.17, 15) is 0 Å². The Morgan fingerprint density at radius 1 is 1.04 bits per heavy atom. The van der Waals surface area contributed by atoms with E-state index in [1.807, 2.05) is 6.92 Å². The quantitative estimate of drug-likeness (QED) is 0.798. The molecule has 0 saturated carbocycles. The first kappa shape index (κ1) is 16.3. The fraction of sp³-hybridized carbons (Fsp3) is 0.882. The van der Waals surface area contributed by atoms with Crippen molar-refractivity contribution in [2.45, 2.75) is 38.8 Å². The van der Waals surface area contributed by atoms with Crippen LogP contribution in [0.3, 0.4) is 0 Å². The van der Waals surface area contributed by atoms with Crippen LogP contribution in [-0.2, 0) is 16.0 Å². The van der Waals surface area contributed by atoms with Crippen molar-refractivity contribution in [3.05, 3.63) is 5.82 Å². The highest BCUT2D eigenvalue weighted by Crippen LogP contribution is 2.21. The Balaban J connectivity index is 1.35. The van der Waals surface area contributed by atoms with Gasteiger partial charge in [0.05, 0.1) is 19.3 Å². The zero-order chi connectivity index (χ0) is 16.4. The van der Waals surface area contributed by atoms with E-state index in [0.29, 0.717) is 6.10 Å². The predicted molar refractivity (Wildman–Crippen MR) is 91.3 cm³/mol. The zero-order valence-electron chi connectivity index (χ0n) is 14.7. The Kier molecular flexibility index (Phi) is 5.01. The molecule has 7 heteroatoms. The van der Waals surface area contributed by atoms with E-state index >= 15 is 0 Å². The summed E-state index contributed by atoms with van der Waals surface area (Å²) < 4.78 is 13.5. The zero-order valence-corrected chi connectivity index (χ0v) is 14.7. The summed E-state index contributed by atoms with van der Waals surface area (Å²) in [5, 5.41) is 8.78. The van der Waals surface area contributed by atoms with Crippen molar-refractivity contribution < 1.29 is 9.47 Å². The van der Waals surface area contributed by atoms with E-state index in [0.717, 1.165) is 76.7 Å². The van der Waals surface area contributed by atoms with Gasteiger partial charge in [0, 0.05) is 45.9 Å². The first-order valence-electron chi connectivity index (χ1n) is 9.36. The summed E-state index contributed by atoms with van der Waals surface area (Å²) in [7, 11) is 0. The molecule has 2 atom stereocenters. The molecule has 0 N–H and O–H groups in total. The van der Waals surface area contributed by atoms with Crippen LogP contribution in [-0.4, -0.2) is 78.3 Å². The van der Waals surface area contributed by atoms with Crippen molar-refractivity contribution in [1.82, 2.24) is 19.7 Å². The lowest BCUT2D eigenvalue weighted by atomic mass is 10.1. The number of rotatable bonds is 5. The Bertz CT molecular complexity index is 529. The van der Waals surface area contributed by atoms with Crippen LogP contribution in [0.25, 0.3) is 0 Å². The van der Waals surface area contributed by atoms with Gasteiger partial charge in [-0.25, -0.2) is 0 Å². The van der Waals surface area contributed by atoms with Gasteiger partial charge in [0.25, 0.3) is 0 Å². The number of aromatic nitrogens is 3. The van der Waals surface area contributed by atoms with Crippen LogP contribution in [0.5, 0.6) is 0 Å². The van der Waals surface area contributed by atoms with E-state index in [-0.39, 0.29) is 0 Å². The molecule has 3 aliphatic heterocycles. The van der Waals surface area contributed by atoms with Gasteiger partial charge in [-0.05, 0) is 32.1 Å². The smallest absolute Gasteiger partial charge is 0.227 e. The SMILES string of the molecule is Cc1nnc(N2CCN(CC3CCOC3)CC2)n1CC1CCCO1.